The smallest absolute Gasteiger partial charge is 0.306 e. The van der Waals surface area contributed by atoms with Crippen LogP contribution in [0, 0.1) is 11.8 Å². The molecule has 1 aromatic carbocycles. The van der Waals surface area contributed by atoms with Crippen molar-refractivity contribution in [3.8, 4) is 5.75 Å². The zero-order valence-corrected chi connectivity index (χ0v) is 10.6. The second-order valence-electron chi connectivity index (χ2n) is 4.72. The fourth-order valence-corrected chi connectivity index (χ4v) is 1.92. The van der Waals surface area contributed by atoms with E-state index in [0.717, 1.165) is 11.3 Å². The maximum absolute atomic E-state index is 11.2. The molecule has 1 rings (SSSR count). The first-order chi connectivity index (χ1) is 8.02. The lowest BCUT2D eigenvalue weighted by Crippen LogP contribution is -2.18. The fourth-order valence-electron chi connectivity index (χ4n) is 1.92. The van der Waals surface area contributed by atoms with E-state index in [9.17, 15) is 9.90 Å². The van der Waals surface area contributed by atoms with Crippen molar-refractivity contribution in [1.29, 1.82) is 0 Å². The Bertz CT molecular complexity index is 371. The van der Waals surface area contributed by atoms with E-state index in [0.29, 0.717) is 18.8 Å². The second kappa shape index (κ2) is 6.28. The van der Waals surface area contributed by atoms with Gasteiger partial charge < -0.3 is 9.84 Å². The summed E-state index contributed by atoms with van der Waals surface area (Å²) in [7, 11) is 1.61. The maximum atomic E-state index is 11.2. The lowest BCUT2D eigenvalue weighted by molar-refractivity contribution is -0.142. The van der Waals surface area contributed by atoms with Gasteiger partial charge in [0.2, 0.25) is 0 Å². The third-order valence-corrected chi connectivity index (χ3v) is 2.72. The summed E-state index contributed by atoms with van der Waals surface area (Å²) in [6.45, 7) is 4.09. The van der Waals surface area contributed by atoms with E-state index in [2.05, 4.69) is 0 Å². The molecule has 0 saturated heterocycles. The molecular weight excluding hydrogens is 216 g/mol. The molecule has 0 heterocycles. The molecule has 0 saturated carbocycles. The van der Waals surface area contributed by atoms with E-state index in [1.54, 1.807) is 7.11 Å². The summed E-state index contributed by atoms with van der Waals surface area (Å²) in [5.74, 6) is 0.126. The average molecular weight is 236 g/mol. The Morgan fingerprint density at radius 1 is 1.41 bits per heavy atom. The van der Waals surface area contributed by atoms with Crippen LogP contribution in [-0.2, 0) is 11.2 Å². The molecule has 0 spiro atoms. The van der Waals surface area contributed by atoms with Crippen LogP contribution in [0.1, 0.15) is 25.8 Å². The van der Waals surface area contributed by atoms with Crippen LogP contribution in [0.5, 0.6) is 5.75 Å². The molecule has 1 unspecified atom stereocenters. The molecular formula is C14H20O3. The standard InChI is InChI=1S/C14H20O3/c1-10(2)7-12(14(15)16)8-11-5-4-6-13(9-11)17-3/h4-6,9-10,12H,7-8H2,1-3H3,(H,15,16). The highest BCUT2D eigenvalue weighted by atomic mass is 16.5. The van der Waals surface area contributed by atoms with Gasteiger partial charge in [-0.1, -0.05) is 26.0 Å². The van der Waals surface area contributed by atoms with Crippen molar-refractivity contribution >= 4 is 5.97 Å². The molecule has 0 aliphatic rings. The summed E-state index contributed by atoms with van der Waals surface area (Å²) >= 11 is 0. The van der Waals surface area contributed by atoms with Crippen molar-refractivity contribution in [3.05, 3.63) is 29.8 Å². The van der Waals surface area contributed by atoms with E-state index in [1.807, 2.05) is 38.1 Å². The molecule has 0 bridgehead atoms. The van der Waals surface area contributed by atoms with E-state index in [-0.39, 0.29) is 5.92 Å². The van der Waals surface area contributed by atoms with Crippen LogP contribution >= 0.6 is 0 Å². The fraction of sp³-hybridized carbons (Fsp3) is 0.500. The third-order valence-electron chi connectivity index (χ3n) is 2.72. The molecule has 1 atom stereocenters. The summed E-state index contributed by atoms with van der Waals surface area (Å²) in [4.78, 5) is 11.2. The summed E-state index contributed by atoms with van der Waals surface area (Å²) in [5.41, 5.74) is 1.01. The quantitative estimate of drug-likeness (QED) is 0.826. The molecule has 94 valence electrons. The van der Waals surface area contributed by atoms with Crippen LogP contribution in [0.3, 0.4) is 0 Å². The lowest BCUT2D eigenvalue weighted by Gasteiger charge is -2.15. The topological polar surface area (TPSA) is 46.5 Å². The number of hydrogen-bond acceptors (Lipinski definition) is 2. The van der Waals surface area contributed by atoms with E-state index < -0.39 is 5.97 Å². The minimum absolute atomic E-state index is 0.317. The van der Waals surface area contributed by atoms with E-state index in [4.69, 9.17) is 4.74 Å². The van der Waals surface area contributed by atoms with Crippen LogP contribution in [0.15, 0.2) is 24.3 Å². The number of aliphatic carboxylic acids is 1. The summed E-state index contributed by atoms with van der Waals surface area (Å²) in [6.07, 6.45) is 1.26. The van der Waals surface area contributed by atoms with Gasteiger partial charge in [0.05, 0.1) is 13.0 Å². The van der Waals surface area contributed by atoms with Gasteiger partial charge >= 0.3 is 5.97 Å². The number of methoxy groups -OCH3 is 1. The van der Waals surface area contributed by atoms with Crippen LogP contribution in [0.4, 0.5) is 0 Å². The molecule has 0 fully saturated rings. The molecule has 0 amide bonds. The normalized spacial score (nSPS) is 12.5. The highest BCUT2D eigenvalue weighted by molar-refractivity contribution is 5.70. The Morgan fingerprint density at radius 3 is 2.65 bits per heavy atom. The lowest BCUT2D eigenvalue weighted by atomic mass is 9.91. The second-order valence-corrected chi connectivity index (χ2v) is 4.72. The molecule has 0 aliphatic carbocycles. The van der Waals surface area contributed by atoms with E-state index in [1.165, 1.54) is 0 Å². The minimum Gasteiger partial charge on any atom is -0.497 e. The highest BCUT2D eigenvalue weighted by Crippen LogP contribution is 2.20. The summed E-state index contributed by atoms with van der Waals surface area (Å²) < 4.78 is 5.13. The van der Waals surface area contributed by atoms with Crippen LogP contribution in [0.25, 0.3) is 0 Å². The predicted octanol–water partition coefficient (Wildman–Crippen LogP) is 2.98. The van der Waals surface area contributed by atoms with Crippen molar-refractivity contribution in [2.24, 2.45) is 11.8 Å². The number of hydrogen-bond donors (Lipinski definition) is 1. The highest BCUT2D eigenvalue weighted by Gasteiger charge is 2.19. The van der Waals surface area contributed by atoms with E-state index >= 15 is 0 Å². The summed E-state index contributed by atoms with van der Waals surface area (Å²) in [6, 6.07) is 7.60. The Kier molecular flexibility index (Phi) is 5.01. The van der Waals surface area contributed by atoms with Gasteiger partial charge in [-0.2, -0.15) is 0 Å². The average Bonchev–Trinajstić information content (AvgIpc) is 2.27. The summed E-state index contributed by atoms with van der Waals surface area (Å²) in [5, 5.41) is 9.18. The molecule has 1 N–H and O–H groups in total. The van der Waals surface area contributed by atoms with Gasteiger partial charge in [-0.3, -0.25) is 4.79 Å². The zero-order valence-electron chi connectivity index (χ0n) is 10.6. The van der Waals surface area contributed by atoms with Gasteiger partial charge in [0, 0.05) is 0 Å². The van der Waals surface area contributed by atoms with Crippen molar-refractivity contribution in [2.45, 2.75) is 26.7 Å². The maximum Gasteiger partial charge on any atom is 0.306 e. The van der Waals surface area contributed by atoms with Crippen molar-refractivity contribution in [3.63, 3.8) is 0 Å². The van der Waals surface area contributed by atoms with Crippen LogP contribution < -0.4 is 4.74 Å². The minimum atomic E-state index is -0.721. The number of ether oxygens (including phenoxy) is 1. The number of carbonyl (C=O) groups is 1. The van der Waals surface area contributed by atoms with Crippen LogP contribution in [0.2, 0.25) is 0 Å². The predicted molar refractivity (Wildman–Crippen MR) is 67.3 cm³/mol. The molecule has 3 nitrogen and oxygen atoms in total. The monoisotopic (exact) mass is 236 g/mol. The van der Waals surface area contributed by atoms with Gasteiger partial charge in [0.15, 0.2) is 0 Å². The first-order valence-electron chi connectivity index (χ1n) is 5.88. The van der Waals surface area contributed by atoms with Crippen molar-refractivity contribution in [2.75, 3.05) is 7.11 Å². The van der Waals surface area contributed by atoms with Gasteiger partial charge in [-0.05, 0) is 36.5 Å². The first kappa shape index (κ1) is 13.6. The number of carboxylic acid groups (broad SMARTS) is 1. The number of benzene rings is 1. The Morgan fingerprint density at radius 2 is 2.12 bits per heavy atom. The molecule has 0 aliphatic heterocycles. The Labute approximate surface area is 102 Å². The Balaban J connectivity index is 2.74. The molecule has 1 aromatic rings. The molecule has 3 heteroatoms. The van der Waals surface area contributed by atoms with Gasteiger partial charge in [0.25, 0.3) is 0 Å². The number of carboxylic acids is 1. The van der Waals surface area contributed by atoms with Crippen LogP contribution in [-0.4, -0.2) is 18.2 Å². The van der Waals surface area contributed by atoms with Gasteiger partial charge in [0.1, 0.15) is 5.75 Å². The zero-order chi connectivity index (χ0) is 12.8. The van der Waals surface area contributed by atoms with Crippen molar-refractivity contribution in [1.82, 2.24) is 0 Å². The molecule has 17 heavy (non-hydrogen) atoms. The Hall–Kier alpha value is -1.51. The molecule has 0 aromatic heterocycles. The van der Waals surface area contributed by atoms with Gasteiger partial charge in [-0.25, -0.2) is 0 Å². The largest absolute Gasteiger partial charge is 0.497 e. The third kappa shape index (κ3) is 4.47. The van der Waals surface area contributed by atoms with Gasteiger partial charge in [-0.15, -0.1) is 0 Å². The van der Waals surface area contributed by atoms with Crippen molar-refractivity contribution < 1.29 is 14.6 Å². The number of rotatable bonds is 6. The first-order valence-corrected chi connectivity index (χ1v) is 5.88. The molecule has 0 radical (unpaired) electrons. The SMILES string of the molecule is COc1cccc(CC(CC(C)C)C(=O)O)c1.